The molecule has 1 aromatic heterocycles. The summed E-state index contributed by atoms with van der Waals surface area (Å²) < 4.78 is 5.50. The van der Waals surface area contributed by atoms with Gasteiger partial charge >= 0.3 is 5.97 Å². The molecule has 1 aromatic carbocycles. The van der Waals surface area contributed by atoms with Crippen LogP contribution >= 0.6 is 0 Å². The second-order valence-corrected chi connectivity index (χ2v) is 5.33. The minimum absolute atomic E-state index is 0.133. The first-order valence-corrected chi connectivity index (χ1v) is 6.37. The zero-order valence-corrected chi connectivity index (χ0v) is 10.6. The van der Waals surface area contributed by atoms with Crippen LogP contribution in [0.1, 0.15) is 60.2 Å². The first kappa shape index (κ1) is 11.3. The van der Waals surface area contributed by atoms with Crippen LogP contribution in [0.15, 0.2) is 22.6 Å². The topological polar surface area (TPSA) is 50.4 Å². The van der Waals surface area contributed by atoms with Gasteiger partial charge in [-0.05, 0) is 42.4 Å². The molecule has 1 N–H and O–H groups in total. The summed E-state index contributed by atoms with van der Waals surface area (Å²) >= 11 is 0. The molecule has 0 saturated heterocycles. The van der Waals surface area contributed by atoms with Crippen molar-refractivity contribution in [3.63, 3.8) is 0 Å². The third-order valence-electron chi connectivity index (χ3n) is 3.60. The molecule has 2 aromatic rings. The number of hydrogen-bond acceptors (Lipinski definition) is 2. The molecule has 3 rings (SSSR count). The normalized spacial score (nSPS) is 15.5. The van der Waals surface area contributed by atoms with Gasteiger partial charge in [0, 0.05) is 10.9 Å². The highest BCUT2D eigenvalue weighted by atomic mass is 16.4. The van der Waals surface area contributed by atoms with Gasteiger partial charge < -0.3 is 9.52 Å². The molecule has 0 bridgehead atoms. The molecule has 1 aliphatic rings. The van der Waals surface area contributed by atoms with E-state index in [1.165, 1.54) is 5.56 Å². The van der Waals surface area contributed by atoms with Crippen LogP contribution in [0, 0.1) is 0 Å². The second kappa shape index (κ2) is 3.87. The molecule has 0 amide bonds. The maximum absolute atomic E-state index is 11.2. The Hall–Kier alpha value is -1.77. The fraction of sp³-hybridized carbons (Fsp3) is 0.400. The van der Waals surface area contributed by atoms with Crippen molar-refractivity contribution < 1.29 is 14.3 Å². The van der Waals surface area contributed by atoms with Gasteiger partial charge in [0.2, 0.25) is 5.76 Å². The first-order chi connectivity index (χ1) is 8.58. The lowest BCUT2D eigenvalue weighted by Gasteiger charge is -2.04. The van der Waals surface area contributed by atoms with Crippen molar-refractivity contribution in [2.24, 2.45) is 0 Å². The zero-order valence-electron chi connectivity index (χ0n) is 10.6. The molecule has 1 fully saturated rings. The zero-order chi connectivity index (χ0) is 12.9. The highest BCUT2D eigenvalue weighted by molar-refractivity contribution is 5.96. The number of furan rings is 1. The number of rotatable bonds is 3. The van der Waals surface area contributed by atoms with Crippen LogP contribution in [0.4, 0.5) is 0 Å². The average molecular weight is 244 g/mol. The van der Waals surface area contributed by atoms with E-state index in [-0.39, 0.29) is 5.76 Å². The van der Waals surface area contributed by atoms with Crippen LogP contribution in [-0.4, -0.2) is 11.1 Å². The third-order valence-corrected chi connectivity index (χ3v) is 3.60. The quantitative estimate of drug-likeness (QED) is 0.883. The monoisotopic (exact) mass is 244 g/mol. The van der Waals surface area contributed by atoms with Crippen molar-refractivity contribution in [3.05, 3.63) is 35.1 Å². The lowest BCUT2D eigenvalue weighted by molar-refractivity contribution is 0.0663. The molecule has 0 spiro atoms. The molecular weight excluding hydrogens is 228 g/mol. The van der Waals surface area contributed by atoms with Crippen LogP contribution in [0.25, 0.3) is 11.0 Å². The van der Waals surface area contributed by atoms with E-state index < -0.39 is 5.97 Å². The number of aromatic carboxylic acids is 1. The minimum Gasteiger partial charge on any atom is -0.475 e. The number of fused-ring (bicyclic) bond motifs is 1. The summed E-state index contributed by atoms with van der Waals surface area (Å²) in [5.41, 5.74) is 2.82. The van der Waals surface area contributed by atoms with Crippen molar-refractivity contribution in [1.29, 1.82) is 0 Å². The molecule has 1 aliphatic carbocycles. The van der Waals surface area contributed by atoms with Gasteiger partial charge in [0.1, 0.15) is 5.58 Å². The maximum Gasteiger partial charge on any atom is 0.372 e. The largest absolute Gasteiger partial charge is 0.475 e. The molecule has 18 heavy (non-hydrogen) atoms. The molecule has 94 valence electrons. The maximum atomic E-state index is 11.2. The Labute approximate surface area is 105 Å². The van der Waals surface area contributed by atoms with Gasteiger partial charge in [-0.15, -0.1) is 0 Å². The molecule has 3 heteroatoms. The fourth-order valence-corrected chi connectivity index (χ4v) is 2.43. The summed E-state index contributed by atoms with van der Waals surface area (Å²) in [6.07, 6.45) is 2.14. The Morgan fingerprint density at radius 3 is 2.67 bits per heavy atom. The van der Waals surface area contributed by atoms with Crippen molar-refractivity contribution >= 4 is 16.9 Å². The van der Waals surface area contributed by atoms with E-state index in [2.05, 4.69) is 19.9 Å². The van der Waals surface area contributed by atoms with E-state index >= 15 is 0 Å². The van der Waals surface area contributed by atoms with Crippen LogP contribution in [-0.2, 0) is 0 Å². The van der Waals surface area contributed by atoms with Crippen LogP contribution in [0.2, 0.25) is 0 Å². The number of carboxylic acids is 1. The van der Waals surface area contributed by atoms with E-state index in [0.717, 1.165) is 23.8 Å². The lowest BCUT2D eigenvalue weighted by atomic mass is 9.98. The molecule has 0 aliphatic heterocycles. The summed E-state index contributed by atoms with van der Waals surface area (Å²) in [6.45, 7) is 4.27. The summed E-state index contributed by atoms with van der Waals surface area (Å²) in [6, 6.07) is 5.99. The van der Waals surface area contributed by atoms with Gasteiger partial charge in [0.25, 0.3) is 0 Å². The fourth-order valence-electron chi connectivity index (χ4n) is 2.43. The Bertz CT molecular complexity index is 618. The van der Waals surface area contributed by atoms with Gasteiger partial charge in [-0.25, -0.2) is 4.79 Å². The summed E-state index contributed by atoms with van der Waals surface area (Å²) in [7, 11) is 0. The number of carbonyl (C=O) groups is 1. The Morgan fingerprint density at radius 2 is 2.11 bits per heavy atom. The molecule has 0 unspecified atom stereocenters. The smallest absolute Gasteiger partial charge is 0.372 e. The van der Waals surface area contributed by atoms with E-state index in [1.54, 1.807) is 0 Å². The molecule has 1 heterocycles. The van der Waals surface area contributed by atoms with Crippen LogP contribution in [0.5, 0.6) is 0 Å². The predicted octanol–water partition coefficient (Wildman–Crippen LogP) is 4.13. The van der Waals surface area contributed by atoms with Gasteiger partial charge in [-0.1, -0.05) is 19.9 Å². The van der Waals surface area contributed by atoms with E-state index in [9.17, 15) is 9.90 Å². The molecule has 3 nitrogen and oxygen atoms in total. The SMILES string of the molecule is CC(C)c1ccc2oc(C(=O)O)c(C3CC3)c2c1. The van der Waals surface area contributed by atoms with Gasteiger partial charge in [0.15, 0.2) is 0 Å². The molecular formula is C15H16O3. The Morgan fingerprint density at radius 1 is 1.39 bits per heavy atom. The highest BCUT2D eigenvalue weighted by Crippen LogP contribution is 2.46. The first-order valence-electron chi connectivity index (χ1n) is 6.37. The second-order valence-electron chi connectivity index (χ2n) is 5.33. The number of hydrogen-bond donors (Lipinski definition) is 1. The Balaban J connectivity index is 2.26. The van der Waals surface area contributed by atoms with Crippen molar-refractivity contribution in [1.82, 2.24) is 0 Å². The highest BCUT2D eigenvalue weighted by Gasteiger charge is 2.33. The van der Waals surface area contributed by atoms with Gasteiger partial charge in [0.05, 0.1) is 0 Å². The minimum atomic E-state index is -0.959. The van der Waals surface area contributed by atoms with Crippen LogP contribution < -0.4 is 0 Å². The van der Waals surface area contributed by atoms with Gasteiger partial charge in [-0.3, -0.25) is 0 Å². The number of carboxylic acid groups (broad SMARTS) is 1. The summed E-state index contributed by atoms with van der Waals surface area (Å²) in [5.74, 6) is -0.0167. The van der Waals surface area contributed by atoms with Crippen LogP contribution in [0.3, 0.4) is 0 Å². The standard InChI is InChI=1S/C15H16O3/c1-8(2)10-5-6-12-11(7-10)13(9-3-4-9)14(18-12)15(16)17/h5-9H,3-4H2,1-2H3,(H,16,17). The van der Waals surface area contributed by atoms with E-state index in [4.69, 9.17) is 4.42 Å². The molecule has 1 saturated carbocycles. The van der Waals surface area contributed by atoms with Crippen molar-refractivity contribution in [2.75, 3.05) is 0 Å². The summed E-state index contributed by atoms with van der Waals surface area (Å²) in [5, 5.41) is 10.2. The van der Waals surface area contributed by atoms with Crippen molar-refractivity contribution in [3.8, 4) is 0 Å². The number of benzene rings is 1. The van der Waals surface area contributed by atoms with E-state index in [1.807, 2.05) is 12.1 Å². The lowest BCUT2D eigenvalue weighted by Crippen LogP contribution is -1.97. The molecule has 0 radical (unpaired) electrons. The average Bonchev–Trinajstić information content (AvgIpc) is 3.08. The third kappa shape index (κ3) is 1.70. The van der Waals surface area contributed by atoms with E-state index in [0.29, 0.717) is 17.4 Å². The van der Waals surface area contributed by atoms with Gasteiger partial charge in [-0.2, -0.15) is 0 Å². The molecule has 0 atom stereocenters. The Kier molecular flexibility index (Phi) is 2.44. The predicted molar refractivity (Wildman–Crippen MR) is 69.2 cm³/mol. The van der Waals surface area contributed by atoms with Crippen molar-refractivity contribution in [2.45, 2.75) is 38.5 Å². The summed E-state index contributed by atoms with van der Waals surface area (Å²) in [4.78, 5) is 11.2.